The van der Waals surface area contributed by atoms with Crippen LogP contribution in [0.15, 0.2) is 0 Å². The first-order valence-corrected chi connectivity index (χ1v) is 8.90. The van der Waals surface area contributed by atoms with Crippen LogP contribution in [0, 0.1) is 10.8 Å². The predicted molar refractivity (Wildman–Crippen MR) is 72.3 cm³/mol. The maximum atomic E-state index is 3.63. The van der Waals surface area contributed by atoms with E-state index in [0.29, 0.717) is 0 Å². The van der Waals surface area contributed by atoms with E-state index in [1.807, 2.05) is 0 Å². The summed E-state index contributed by atoms with van der Waals surface area (Å²) in [5.41, 5.74) is 5.89. The molecule has 0 saturated carbocycles. The van der Waals surface area contributed by atoms with Gasteiger partial charge in [-0.2, -0.15) is 0 Å². The summed E-state index contributed by atoms with van der Waals surface area (Å²) >= 11 is 1.65. The van der Waals surface area contributed by atoms with Gasteiger partial charge in [0.15, 0.2) is 0 Å². The molecule has 0 fully saturated rings. The van der Waals surface area contributed by atoms with Crippen molar-refractivity contribution in [3.8, 4) is 10.8 Å². The van der Waals surface area contributed by atoms with Crippen LogP contribution in [0.5, 0.6) is 0 Å². The van der Waals surface area contributed by atoms with Crippen LogP contribution in [-0.2, 0) is 0 Å². The summed E-state index contributed by atoms with van der Waals surface area (Å²) in [6, 6.07) is 0. The Balaban J connectivity index is 5.16. The number of thioether (sulfide) groups is 1. The molecule has 2 heteroatoms. The van der Waals surface area contributed by atoms with Crippen LogP contribution in [0.2, 0.25) is 16.6 Å². The van der Waals surface area contributed by atoms with E-state index in [9.17, 15) is 0 Å². The largest absolute Gasteiger partial charge is 0.147 e. The molecule has 0 aliphatic rings. The Morgan fingerprint density at radius 3 is 1.43 bits per heavy atom. The molecule has 0 atom stereocenters. The maximum Gasteiger partial charge on any atom is 0.147 e. The summed E-state index contributed by atoms with van der Waals surface area (Å²) in [7, 11) is -1.43. The Bertz CT molecular complexity index is 198. The molecule has 0 bridgehead atoms. The quantitative estimate of drug-likeness (QED) is 0.505. The molecule has 0 heterocycles. The maximum absolute atomic E-state index is 3.63. The lowest BCUT2D eigenvalue weighted by atomic mass is 10.5. The Morgan fingerprint density at radius 1 is 0.857 bits per heavy atom. The van der Waals surface area contributed by atoms with E-state index in [-0.39, 0.29) is 0 Å². The van der Waals surface area contributed by atoms with Gasteiger partial charge in [0, 0.05) is 0 Å². The highest BCUT2D eigenvalue weighted by Gasteiger charge is 2.41. The Labute approximate surface area is 95.3 Å². The minimum Gasteiger partial charge on any atom is -0.119 e. The Morgan fingerprint density at radius 2 is 1.21 bits per heavy atom. The fourth-order valence-electron chi connectivity index (χ4n) is 2.57. The zero-order valence-corrected chi connectivity index (χ0v) is 12.5. The number of hydrogen-bond donors (Lipinski definition) is 0. The monoisotopic (exact) mass is 228 g/mol. The second-order valence-electron chi connectivity index (χ2n) is 4.83. The van der Waals surface area contributed by atoms with Gasteiger partial charge in [0.2, 0.25) is 0 Å². The van der Waals surface area contributed by atoms with E-state index in [2.05, 4.69) is 58.6 Å². The van der Waals surface area contributed by atoms with E-state index in [0.717, 1.165) is 16.6 Å². The van der Waals surface area contributed by atoms with Crippen molar-refractivity contribution in [3.05, 3.63) is 0 Å². The minimum absolute atomic E-state index is 0.752. The zero-order valence-electron chi connectivity index (χ0n) is 10.6. The first-order chi connectivity index (χ1) is 6.39. The SMILES string of the molecule is CSC#C[Si](C(C)C)(C(C)C)C(C)C. The van der Waals surface area contributed by atoms with Crippen LogP contribution in [-0.4, -0.2) is 14.3 Å². The second-order valence-corrected chi connectivity index (χ2v) is 11.0. The highest BCUT2D eigenvalue weighted by molar-refractivity contribution is 8.03. The third-order valence-corrected chi connectivity index (χ3v) is 10.0. The topological polar surface area (TPSA) is 0 Å². The van der Waals surface area contributed by atoms with Gasteiger partial charge in [-0.1, -0.05) is 53.3 Å². The van der Waals surface area contributed by atoms with Crippen LogP contribution in [0.25, 0.3) is 0 Å². The van der Waals surface area contributed by atoms with Crippen molar-refractivity contribution in [2.45, 2.75) is 58.2 Å². The van der Waals surface area contributed by atoms with Gasteiger partial charge in [-0.15, -0.1) is 5.54 Å². The van der Waals surface area contributed by atoms with Crippen LogP contribution in [0.1, 0.15) is 41.5 Å². The standard InChI is InChI=1S/C12H24SSi/c1-10(2)14(11(3)4,12(5)6)9-8-13-7/h10-12H,1-7H3. The van der Waals surface area contributed by atoms with Crippen LogP contribution >= 0.6 is 11.8 Å². The fourth-order valence-corrected chi connectivity index (χ4v) is 8.55. The lowest BCUT2D eigenvalue weighted by Crippen LogP contribution is -2.43. The molecule has 0 nitrogen and oxygen atoms in total. The number of hydrogen-bond acceptors (Lipinski definition) is 1. The molecule has 0 radical (unpaired) electrons. The van der Waals surface area contributed by atoms with Crippen molar-refractivity contribution in [2.75, 3.05) is 6.26 Å². The van der Waals surface area contributed by atoms with Crippen LogP contribution in [0.3, 0.4) is 0 Å². The average molecular weight is 228 g/mol. The average Bonchev–Trinajstić information content (AvgIpc) is 2.03. The molecule has 0 N–H and O–H groups in total. The van der Waals surface area contributed by atoms with Crippen molar-refractivity contribution >= 4 is 19.8 Å². The summed E-state index contributed by atoms with van der Waals surface area (Å²) in [6.45, 7) is 14.1. The Kier molecular flexibility index (Phi) is 5.93. The van der Waals surface area contributed by atoms with Gasteiger partial charge in [0.25, 0.3) is 0 Å². The van der Waals surface area contributed by atoms with Crippen LogP contribution < -0.4 is 0 Å². The van der Waals surface area contributed by atoms with E-state index in [1.165, 1.54) is 0 Å². The lowest BCUT2D eigenvalue weighted by molar-refractivity contribution is 0.838. The lowest BCUT2D eigenvalue weighted by Gasteiger charge is -2.37. The Hall–Kier alpha value is 0.127. The van der Waals surface area contributed by atoms with E-state index in [4.69, 9.17) is 0 Å². The van der Waals surface area contributed by atoms with Gasteiger partial charge in [0.05, 0.1) is 0 Å². The van der Waals surface area contributed by atoms with Crippen molar-refractivity contribution in [1.29, 1.82) is 0 Å². The van der Waals surface area contributed by atoms with Gasteiger partial charge in [-0.05, 0) is 28.1 Å². The molecule has 0 amide bonds. The van der Waals surface area contributed by atoms with Crippen molar-refractivity contribution in [1.82, 2.24) is 0 Å². The normalized spacial score (nSPS) is 12.1. The van der Waals surface area contributed by atoms with Gasteiger partial charge < -0.3 is 0 Å². The summed E-state index contributed by atoms with van der Waals surface area (Å²) < 4.78 is 0. The van der Waals surface area contributed by atoms with E-state index < -0.39 is 8.07 Å². The van der Waals surface area contributed by atoms with E-state index in [1.54, 1.807) is 11.8 Å². The third-order valence-electron chi connectivity index (χ3n) is 3.24. The van der Waals surface area contributed by atoms with Crippen LogP contribution in [0.4, 0.5) is 0 Å². The molecule has 0 unspecified atom stereocenters. The van der Waals surface area contributed by atoms with Gasteiger partial charge in [0.1, 0.15) is 8.07 Å². The minimum atomic E-state index is -1.43. The molecular formula is C12H24SSi. The first kappa shape index (κ1) is 14.1. The van der Waals surface area contributed by atoms with Crippen molar-refractivity contribution < 1.29 is 0 Å². The smallest absolute Gasteiger partial charge is 0.119 e. The summed E-state index contributed by atoms with van der Waals surface area (Å²) in [5, 5.41) is 3.26. The summed E-state index contributed by atoms with van der Waals surface area (Å²) in [4.78, 5) is 0. The molecule has 0 saturated heterocycles. The number of rotatable bonds is 3. The summed E-state index contributed by atoms with van der Waals surface area (Å²) in [5.74, 6) is 0. The fraction of sp³-hybridized carbons (Fsp3) is 0.833. The van der Waals surface area contributed by atoms with Crippen molar-refractivity contribution in [3.63, 3.8) is 0 Å². The van der Waals surface area contributed by atoms with Crippen molar-refractivity contribution in [2.24, 2.45) is 0 Å². The molecular weight excluding hydrogens is 204 g/mol. The molecule has 0 spiro atoms. The third kappa shape index (κ3) is 2.81. The van der Waals surface area contributed by atoms with E-state index >= 15 is 0 Å². The molecule has 0 rings (SSSR count). The molecule has 0 aliphatic carbocycles. The van der Waals surface area contributed by atoms with Gasteiger partial charge in [-0.25, -0.2) is 0 Å². The molecule has 0 aliphatic heterocycles. The highest BCUT2D eigenvalue weighted by Crippen LogP contribution is 2.40. The molecule has 0 aromatic carbocycles. The molecule has 82 valence electrons. The zero-order chi connectivity index (χ0) is 11.4. The van der Waals surface area contributed by atoms with Gasteiger partial charge >= 0.3 is 0 Å². The molecule has 0 aromatic rings. The summed E-state index contributed by atoms with van der Waals surface area (Å²) in [6.07, 6.45) is 2.06. The highest BCUT2D eigenvalue weighted by atomic mass is 32.2. The predicted octanol–water partition coefficient (Wildman–Crippen LogP) is 4.53. The second kappa shape index (κ2) is 5.88. The first-order valence-electron chi connectivity index (χ1n) is 5.44. The molecule has 0 aromatic heterocycles. The molecule has 14 heavy (non-hydrogen) atoms. The van der Waals surface area contributed by atoms with Gasteiger partial charge in [-0.3, -0.25) is 0 Å².